The van der Waals surface area contributed by atoms with Crippen LogP contribution in [0.4, 0.5) is 0 Å². The Kier molecular flexibility index (Phi) is 10.8. The summed E-state index contributed by atoms with van der Waals surface area (Å²) in [6.07, 6.45) is 0.751. The smallest absolute Gasteiger partial charge is 0.716 e. The Morgan fingerprint density at radius 3 is 1.60 bits per heavy atom. The van der Waals surface area contributed by atoms with Gasteiger partial charge in [-0.2, -0.15) is 0 Å². The predicted molar refractivity (Wildman–Crippen MR) is 75.6 cm³/mol. The molecule has 25 heavy (non-hydrogen) atoms. The minimum atomic E-state index is -5.21. The molecule has 0 aliphatic rings. The van der Waals surface area contributed by atoms with Crippen molar-refractivity contribution >= 4 is 27.0 Å². The van der Waals surface area contributed by atoms with Crippen LogP contribution in [0.3, 0.4) is 0 Å². The number of benzene rings is 1. The molecule has 0 saturated heterocycles. The molecule has 0 aliphatic heterocycles. The van der Waals surface area contributed by atoms with Crippen molar-refractivity contribution < 1.29 is 98.2 Å². The Hall–Kier alpha value is 0.110. The van der Waals surface area contributed by atoms with Crippen molar-refractivity contribution in [3.63, 3.8) is 0 Å². The molecular formula is C11H13NNa2O9S2. The second-order valence-electron chi connectivity index (χ2n) is 5.28. The first-order valence-electron chi connectivity index (χ1n) is 5.94. The first-order valence-corrected chi connectivity index (χ1v) is 8.61. The van der Waals surface area contributed by atoms with Crippen LogP contribution < -0.4 is 67.5 Å². The summed E-state index contributed by atoms with van der Waals surface area (Å²) >= 11 is 0. The summed E-state index contributed by atoms with van der Waals surface area (Å²) in [5.74, 6) is -1.32. The van der Waals surface area contributed by atoms with Gasteiger partial charge in [0.05, 0.1) is 0 Å². The van der Waals surface area contributed by atoms with Gasteiger partial charge < -0.3 is 22.7 Å². The molecule has 0 bridgehead atoms. The van der Waals surface area contributed by atoms with E-state index in [-0.39, 0.29) is 59.1 Å². The quantitative estimate of drug-likeness (QED) is 0.0871. The maximum absolute atomic E-state index is 12.0. The van der Waals surface area contributed by atoms with E-state index < -0.39 is 43.4 Å². The summed E-state index contributed by atoms with van der Waals surface area (Å²) in [5.41, 5.74) is -1.48. The molecule has 0 saturated carbocycles. The van der Waals surface area contributed by atoms with Gasteiger partial charge in [-0.1, -0.05) is 6.07 Å². The number of hydrogen-bond donors (Lipinski definition) is 0. The molecule has 0 radical (unpaired) electrons. The molecule has 10 nitrogen and oxygen atoms in total. The van der Waals surface area contributed by atoms with E-state index in [2.05, 4.69) is 8.37 Å². The predicted octanol–water partition coefficient (Wildman–Crippen LogP) is -5.90. The molecule has 0 aliphatic carbocycles. The van der Waals surface area contributed by atoms with E-state index in [1.165, 1.54) is 20.8 Å². The van der Waals surface area contributed by atoms with Gasteiger partial charge in [0, 0.05) is 20.8 Å². The molecule has 0 amide bonds. The van der Waals surface area contributed by atoms with Crippen LogP contribution in [-0.4, -0.2) is 42.4 Å². The summed E-state index contributed by atoms with van der Waals surface area (Å²) in [7, 11) is -10.4. The van der Waals surface area contributed by atoms with Gasteiger partial charge in [0.1, 0.15) is 5.56 Å². The second-order valence-corrected chi connectivity index (χ2v) is 7.24. The van der Waals surface area contributed by atoms with Crippen molar-refractivity contribution in [2.45, 2.75) is 26.3 Å². The minimum absolute atomic E-state index is 0. The molecule has 130 valence electrons. The fraction of sp³-hybridized carbons (Fsp3) is 0.364. The van der Waals surface area contributed by atoms with Gasteiger partial charge >= 0.3 is 59.1 Å². The summed E-state index contributed by atoms with van der Waals surface area (Å²) in [4.78, 5) is 0. The van der Waals surface area contributed by atoms with Crippen LogP contribution in [-0.2, 0) is 20.8 Å². The molecule has 1 rings (SSSR count). The fourth-order valence-corrected chi connectivity index (χ4v) is 2.06. The number of rotatable bonds is 5. The topological polar surface area (TPSA) is 159 Å². The Morgan fingerprint density at radius 2 is 1.32 bits per heavy atom. The first kappa shape index (κ1) is 27.3. The molecular weight excluding hydrogens is 400 g/mol. The number of hydrogen-bond acceptors (Lipinski definition) is 9. The summed E-state index contributed by atoms with van der Waals surface area (Å²) in [6, 6.07) is 3.05. The van der Waals surface area contributed by atoms with Crippen molar-refractivity contribution in [2.75, 3.05) is 0 Å². The van der Waals surface area contributed by atoms with E-state index in [9.17, 15) is 31.1 Å². The Morgan fingerprint density at radius 1 is 0.960 bits per heavy atom. The monoisotopic (exact) mass is 413 g/mol. The van der Waals surface area contributed by atoms with E-state index in [4.69, 9.17) is 0 Å². The standard InChI is InChI=1S/C11H15NO9S2.2Na/c1-11(2,3)12(13)7-8-9(20-22(14,15)16)5-4-6-10(8)21-23(17,18)19;;/h4-7H,1-3H3,(H,14,15,16)(H,17,18,19);;/q;2*+1/p-2. The van der Waals surface area contributed by atoms with Gasteiger partial charge in [0.2, 0.25) is 0 Å². The number of nitrogens with zero attached hydrogens (tertiary/aromatic N) is 1. The third-order valence-corrected chi connectivity index (χ3v) is 3.08. The molecule has 14 heteroatoms. The molecule has 0 unspecified atom stereocenters. The summed E-state index contributed by atoms with van der Waals surface area (Å²) in [6.45, 7) is 4.53. The van der Waals surface area contributed by atoms with Crippen LogP contribution >= 0.6 is 0 Å². The first-order chi connectivity index (χ1) is 10.2. The zero-order valence-electron chi connectivity index (χ0n) is 14.2. The normalized spacial score (nSPS) is 12.6. The van der Waals surface area contributed by atoms with Crippen LogP contribution in [0.15, 0.2) is 18.2 Å². The minimum Gasteiger partial charge on any atom is -0.716 e. The largest absolute Gasteiger partial charge is 1.00 e. The molecule has 0 N–H and O–H groups in total. The van der Waals surface area contributed by atoms with Gasteiger partial charge in [-0.25, -0.2) is 21.6 Å². The zero-order valence-corrected chi connectivity index (χ0v) is 19.9. The Bertz CT molecular complexity index is 777. The third kappa shape index (κ3) is 10.1. The second kappa shape index (κ2) is 9.88. The van der Waals surface area contributed by atoms with E-state index in [1.54, 1.807) is 0 Å². The van der Waals surface area contributed by atoms with Crippen molar-refractivity contribution in [3.8, 4) is 11.5 Å². The van der Waals surface area contributed by atoms with Crippen LogP contribution in [0.25, 0.3) is 0 Å². The average Bonchev–Trinajstić information content (AvgIpc) is 2.27. The zero-order chi connectivity index (χ0) is 18.1. The van der Waals surface area contributed by atoms with Crippen molar-refractivity contribution in [3.05, 3.63) is 29.0 Å². The van der Waals surface area contributed by atoms with E-state index in [0.29, 0.717) is 4.74 Å². The average molecular weight is 413 g/mol. The fourth-order valence-electron chi connectivity index (χ4n) is 1.33. The molecule has 0 heterocycles. The molecule has 0 fully saturated rings. The van der Waals surface area contributed by atoms with E-state index in [1.807, 2.05) is 0 Å². The number of hydroxylamine groups is 1. The Labute approximate surface area is 190 Å². The SMILES string of the molecule is CC(C)(C)[N+]([O-])=Cc1c(OS(=O)(=O)[O-])cccc1OS(=O)(=O)[O-].[Na+].[Na+]. The van der Waals surface area contributed by atoms with Crippen molar-refractivity contribution in [1.29, 1.82) is 0 Å². The maximum Gasteiger partial charge on any atom is 1.00 e. The van der Waals surface area contributed by atoms with Crippen molar-refractivity contribution in [1.82, 2.24) is 0 Å². The van der Waals surface area contributed by atoms with Gasteiger partial charge in [-0.05, 0) is 12.1 Å². The summed E-state index contributed by atoms with van der Waals surface area (Å²) in [5, 5.41) is 12.0. The summed E-state index contributed by atoms with van der Waals surface area (Å²) < 4.78 is 73.0. The van der Waals surface area contributed by atoms with E-state index >= 15 is 0 Å². The molecule has 1 aromatic rings. The molecule has 0 atom stereocenters. The van der Waals surface area contributed by atoms with Gasteiger partial charge in [-0.15, -0.1) is 0 Å². The molecule has 0 aromatic heterocycles. The van der Waals surface area contributed by atoms with Crippen LogP contribution in [0.1, 0.15) is 26.3 Å². The van der Waals surface area contributed by atoms with E-state index in [0.717, 1.165) is 24.4 Å². The third-order valence-electron chi connectivity index (χ3n) is 2.32. The molecule has 0 spiro atoms. The van der Waals surface area contributed by atoms with Gasteiger partial charge in [-0.3, -0.25) is 0 Å². The van der Waals surface area contributed by atoms with Gasteiger partial charge in [0.15, 0.2) is 23.3 Å². The van der Waals surface area contributed by atoms with Crippen molar-refractivity contribution in [2.24, 2.45) is 0 Å². The van der Waals surface area contributed by atoms with Gasteiger partial charge in [0.25, 0.3) is 20.8 Å². The maximum atomic E-state index is 12.0. The van der Waals surface area contributed by atoms with Crippen LogP contribution in [0, 0.1) is 5.21 Å². The van der Waals surface area contributed by atoms with Crippen LogP contribution in [0.5, 0.6) is 11.5 Å². The van der Waals surface area contributed by atoms with Crippen LogP contribution in [0.2, 0.25) is 0 Å². The molecule has 1 aromatic carbocycles. The Balaban J connectivity index is 0.